The molecule has 1 unspecified atom stereocenters. The van der Waals surface area contributed by atoms with Gasteiger partial charge in [-0.25, -0.2) is 9.97 Å². The summed E-state index contributed by atoms with van der Waals surface area (Å²) in [6.45, 7) is 4.15. The maximum atomic E-state index is 6.21. The van der Waals surface area contributed by atoms with Gasteiger partial charge in [-0.05, 0) is 26.3 Å². The number of likely N-dealkylation sites (tertiary alicyclic amines) is 1. The second-order valence-corrected chi connectivity index (χ2v) is 5.61. The van der Waals surface area contributed by atoms with Gasteiger partial charge in [0.15, 0.2) is 5.65 Å². The third-order valence-corrected chi connectivity index (χ3v) is 4.17. The van der Waals surface area contributed by atoms with E-state index < -0.39 is 0 Å². The molecule has 3 heterocycles. The largest absolute Gasteiger partial charge is 0.293 e. The van der Waals surface area contributed by atoms with Gasteiger partial charge in [-0.1, -0.05) is 18.0 Å². The number of aryl methyl sites for hydroxylation is 1. The standard InChI is InChI=1S/C13H18ClN5/c1-9-5-3-4-6-19(9)8-11-16-12(14)10-7-15-18(2)13(10)17-11/h7,9H,3-6,8H2,1-2H3. The van der Waals surface area contributed by atoms with Gasteiger partial charge in [-0.3, -0.25) is 9.58 Å². The first-order chi connectivity index (χ1) is 9.15. The lowest BCUT2D eigenvalue weighted by molar-refractivity contribution is 0.149. The Kier molecular flexibility index (Phi) is 3.41. The van der Waals surface area contributed by atoms with E-state index in [1.165, 1.54) is 19.3 Å². The maximum absolute atomic E-state index is 6.21. The van der Waals surface area contributed by atoms with E-state index in [1.807, 2.05) is 7.05 Å². The lowest BCUT2D eigenvalue weighted by Crippen LogP contribution is -2.37. The zero-order valence-electron chi connectivity index (χ0n) is 11.3. The van der Waals surface area contributed by atoms with Gasteiger partial charge in [0.2, 0.25) is 0 Å². The topological polar surface area (TPSA) is 46.8 Å². The first-order valence-electron chi connectivity index (χ1n) is 6.73. The lowest BCUT2D eigenvalue weighted by Gasteiger charge is -2.32. The molecule has 1 fully saturated rings. The summed E-state index contributed by atoms with van der Waals surface area (Å²) in [5.41, 5.74) is 0.805. The SMILES string of the molecule is CC1CCCCN1Cc1nc(Cl)c2cnn(C)c2n1. The molecule has 6 heteroatoms. The van der Waals surface area contributed by atoms with Gasteiger partial charge in [-0.2, -0.15) is 5.10 Å². The number of aromatic nitrogens is 4. The van der Waals surface area contributed by atoms with E-state index in [1.54, 1.807) is 10.9 Å². The van der Waals surface area contributed by atoms with Crippen LogP contribution >= 0.6 is 11.6 Å². The van der Waals surface area contributed by atoms with Gasteiger partial charge in [-0.15, -0.1) is 0 Å². The number of piperidine rings is 1. The Morgan fingerprint density at radius 1 is 1.37 bits per heavy atom. The van der Waals surface area contributed by atoms with Crippen molar-refractivity contribution in [2.45, 2.75) is 38.8 Å². The van der Waals surface area contributed by atoms with Gasteiger partial charge in [0.05, 0.1) is 18.1 Å². The minimum Gasteiger partial charge on any atom is -0.293 e. The zero-order chi connectivity index (χ0) is 13.4. The highest BCUT2D eigenvalue weighted by molar-refractivity contribution is 6.33. The molecule has 19 heavy (non-hydrogen) atoms. The van der Waals surface area contributed by atoms with Crippen molar-refractivity contribution in [3.8, 4) is 0 Å². The smallest absolute Gasteiger partial charge is 0.162 e. The number of halogens is 1. The van der Waals surface area contributed by atoms with Crippen LogP contribution in [0.5, 0.6) is 0 Å². The van der Waals surface area contributed by atoms with Crippen LogP contribution in [0.2, 0.25) is 5.15 Å². The van der Waals surface area contributed by atoms with E-state index in [-0.39, 0.29) is 0 Å². The molecule has 1 aliphatic rings. The van der Waals surface area contributed by atoms with Crippen LogP contribution in [0.1, 0.15) is 32.0 Å². The van der Waals surface area contributed by atoms with Crippen LogP contribution in [0.15, 0.2) is 6.20 Å². The molecule has 1 saturated heterocycles. The molecule has 1 atom stereocenters. The van der Waals surface area contributed by atoms with Gasteiger partial charge in [0, 0.05) is 13.1 Å². The van der Waals surface area contributed by atoms with E-state index in [9.17, 15) is 0 Å². The van der Waals surface area contributed by atoms with Crippen molar-refractivity contribution in [1.82, 2.24) is 24.6 Å². The van der Waals surface area contributed by atoms with Gasteiger partial charge < -0.3 is 0 Å². The highest BCUT2D eigenvalue weighted by Crippen LogP contribution is 2.22. The van der Waals surface area contributed by atoms with Crippen molar-refractivity contribution >= 4 is 22.6 Å². The summed E-state index contributed by atoms with van der Waals surface area (Å²) in [5.74, 6) is 0.787. The maximum Gasteiger partial charge on any atom is 0.162 e. The molecule has 0 aliphatic carbocycles. The fourth-order valence-electron chi connectivity index (χ4n) is 2.67. The average molecular weight is 280 g/mol. The molecule has 0 amide bonds. The van der Waals surface area contributed by atoms with Gasteiger partial charge in [0.1, 0.15) is 11.0 Å². The van der Waals surface area contributed by atoms with E-state index in [2.05, 4.69) is 26.9 Å². The van der Waals surface area contributed by atoms with Crippen LogP contribution in [0, 0.1) is 0 Å². The predicted molar refractivity (Wildman–Crippen MR) is 75.0 cm³/mol. The number of fused-ring (bicyclic) bond motifs is 1. The lowest BCUT2D eigenvalue weighted by atomic mass is 10.0. The van der Waals surface area contributed by atoms with Crippen molar-refractivity contribution in [1.29, 1.82) is 0 Å². The Labute approximate surface area is 117 Å². The predicted octanol–water partition coefficient (Wildman–Crippen LogP) is 2.39. The molecule has 0 bridgehead atoms. The summed E-state index contributed by atoms with van der Waals surface area (Å²) in [5, 5.41) is 5.49. The highest BCUT2D eigenvalue weighted by Gasteiger charge is 2.20. The van der Waals surface area contributed by atoms with E-state index in [0.717, 1.165) is 29.9 Å². The summed E-state index contributed by atoms with van der Waals surface area (Å²) in [4.78, 5) is 11.4. The fraction of sp³-hybridized carbons (Fsp3) is 0.615. The van der Waals surface area contributed by atoms with Crippen LogP contribution in [0.3, 0.4) is 0 Å². The van der Waals surface area contributed by atoms with Crippen LogP contribution in [-0.4, -0.2) is 37.2 Å². The molecule has 2 aromatic heterocycles. The first-order valence-corrected chi connectivity index (χ1v) is 7.11. The monoisotopic (exact) mass is 279 g/mol. The summed E-state index contributed by atoms with van der Waals surface area (Å²) in [6, 6.07) is 0.596. The second kappa shape index (κ2) is 5.06. The van der Waals surface area contributed by atoms with E-state index in [0.29, 0.717) is 11.2 Å². The van der Waals surface area contributed by atoms with E-state index >= 15 is 0 Å². The average Bonchev–Trinajstić information content (AvgIpc) is 2.75. The fourth-order valence-corrected chi connectivity index (χ4v) is 2.91. The molecule has 0 radical (unpaired) electrons. The third-order valence-electron chi connectivity index (χ3n) is 3.88. The Balaban J connectivity index is 1.90. The second-order valence-electron chi connectivity index (χ2n) is 5.25. The van der Waals surface area contributed by atoms with Crippen molar-refractivity contribution in [3.05, 3.63) is 17.2 Å². The van der Waals surface area contributed by atoms with Crippen molar-refractivity contribution in [2.75, 3.05) is 6.54 Å². The molecule has 0 aromatic carbocycles. The molecule has 0 spiro atoms. The van der Waals surface area contributed by atoms with Crippen LogP contribution < -0.4 is 0 Å². The van der Waals surface area contributed by atoms with Crippen LogP contribution in [-0.2, 0) is 13.6 Å². The van der Waals surface area contributed by atoms with Gasteiger partial charge >= 0.3 is 0 Å². The number of hydrogen-bond acceptors (Lipinski definition) is 4. The molecule has 3 rings (SSSR count). The Hall–Kier alpha value is -1.20. The molecular formula is C13H18ClN5. The minimum absolute atomic E-state index is 0.498. The van der Waals surface area contributed by atoms with Crippen molar-refractivity contribution < 1.29 is 0 Å². The van der Waals surface area contributed by atoms with Crippen LogP contribution in [0.25, 0.3) is 11.0 Å². The summed E-state index contributed by atoms with van der Waals surface area (Å²) in [6.07, 6.45) is 5.54. The summed E-state index contributed by atoms with van der Waals surface area (Å²) >= 11 is 6.21. The molecular weight excluding hydrogens is 262 g/mol. The summed E-state index contributed by atoms with van der Waals surface area (Å²) in [7, 11) is 1.87. The molecule has 0 saturated carbocycles. The van der Waals surface area contributed by atoms with Crippen LogP contribution in [0.4, 0.5) is 0 Å². The Morgan fingerprint density at radius 3 is 3.00 bits per heavy atom. The molecule has 2 aromatic rings. The number of hydrogen-bond donors (Lipinski definition) is 0. The highest BCUT2D eigenvalue weighted by atomic mass is 35.5. The molecule has 0 N–H and O–H groups in total. The van der Waals surface area contributed by atoms with Gasteiger partial charge in [0.25, 0.3) is 0 Å². The summed E-state index contributed by atoms with van der Waals surface area (Å²) < 4.78 is 1.74. The molecule has 5 nitrogen and oxygen atoms in total. The first kappa shape index (κ1) is 12.8. The molecule has 1 aliphatic heterocycles. The van der Waals surface area contributed by atoms with Crippen molar-refractivity contribution in [3.63, 3.8) is 0 Å². The number of nitrogens with zero attached hydrogens (tertiary/aromatic N) is 5. The zero-order valence-corrected chi connectivity index (χ0v) is 12.1. The minimum atomic E-state index is 0.498. The van der Waals surface area contributed by atoms with E-state index in [4.69, 9.17) is 11.6 Å². The molecule has 102 valence electrons. The third kappa shape index (κ3) is 2.44. The van der Waals surface area contributed by atoms with Crippen molar-refractivity contribution in [2.24, 2.45) is 7.05 Å². The quantitative estimate of drug-likeness (QED) is 0.792. The normalized spacial score (nSPS) is 21.1. The Morgan fingerprint density at radius 2 is 2.21 bits per heavy atom. The Bertz CT molecular complexity index is 594. The number of rotatable bonds is 2.